The number of aliphatic imine (C=N–C) groups is 1. The molecule has 2 N–H and O–H groups in total. The van der Waals surface area contributed by atoms with E-state index in [0.717, 1.165) is 31.0 Å². The fourth-order valence-electron chi connectivity index (χ4n) is 3.65. The summed E-state index contributed by atoms with van der Waals surface area (Å²) >= 11 is 0. The van der Waals surface area contributed by atoms with Crippen molar-refractivity contribution in [2.75, 3.05) is 13.6 Å². The molecule has 1 saturated carbocycles. The molecule has 0 atom stereocenters. The van der Waals surface area contributed by atoms with Crippen molar-refractivity contribution in [2.24, 2.45) is 12.0 Å². The quantitative estimate of drug-likeness (QED) is 0.648. The summed E-state index contributed by atoms with van der Waals surface area (Å²) < 4.78 is 15.1. The number of nitrogens with one attached hydrogen (secondary N) is 2. The van der Waals surface area contributed by atoms with Gasteiger partial charge in [0.1, 0.15) is 5.82 Å². The van der Waals surface area contributed by atoms with Crippen LogP contribution in [-0.4, -0.2) is 29.3 Å². The zero-order chi connectivity index (χ0) is 17.7. The van der Waals surface area contributed by atoms with Crippen molar-refractivity contribution in [3.63, 3.8) is 0 Å². The van der Waals surface area contributed by atoms with Crippen LogP contribution in [-0.2, 0) is 19.0 Å². The number of aryl methyl sites for hydroxylation is 1. The first-order valence-corrected chi connectivity index (χ1v) is 8.80. The fourth-order valence-corrected chi connectivity index (χ4v) is 3.65. The molecule has 1 aliphatic rings. The summed E-state index contributed by atoms with van der Waals surface area (Å²) in [5.74, 6) is 0.591. The summed E-state index contributed by atoms with van der Waals surface area (Å²) in [6.07, 6.45) is 6.43. The maximum Gasteiger partial charge on any atom is 0.191 e. The van der Waals surface area contributed by atoms with Crippen molar-refractivity contribution in [1.82, 2.24) is 20.4 Å². The van der Waals surface area contributed by atoms with Crippen LogP contribution in [0.3, 0.4) is 0 Å². The van der Waals surface area contributed by atoms with Gasteiger partial charge in [-0.25, -0.2) is 4.39 Å². The van der Waals surface area contributed by atoms with Gasteiger partial charge in [-0.05, 0) is 36.6 Å². The lowest BCUT2D eigenvalue weighted by molar-refractivity contribution is 0.430. The smallest absolute Gasteiger partial charge is 0.191 e. The number of benzene rings is 1. The third-order valence-corrected chi connectivity index (χ3v) is 5.19. The van der Waals surface area contributed by atoms with E-state index < -0.39 is 0 Å². The first-order valence-electron chi connectivity index (χ1n) is 8.80. The lowest BCUT2D eigenvalue weighted by atomic mass is 9.79. The number of guanidine groups is 1. The third-order valence-electron chi connectivity index (χ3n) is 5.19. The molecule has 1 heterocycles. The molecular formula is C19H26FN5. The van der Waals surface area contributed by atoms with Crippen LogP contribution in [0, 0.1) is 5.82 Å². The van der Waals surface area contributed by atoms with E-state index in [1.807, 2.05) is 29.9 Å². The van der Waals surface area contributed by atoms with Crippen molar-refractivity contribution in [2.45, 2.75) is 37.6 Å². The van der Waals surface area contributed by atoms with Gasteiger partial charge in [-0.15, -0.1) is 0 Å². The maximum atomic E-state index is 13.3. The van der Waals surface area contributed by atoms with Gasteiger partial charge in [-0.3, -0.25) is 9.67 Å². The third kappa shape index (κ3) is 4.00. The predicted molar refractivity (Wildman–Crippen MR) is 98.0 cm³/mol. The van der Waals surface area contributed by atoms with Gasteiger partial charge in [0, 0.05) is 32.3 Å². The molecular weight excluding hydrogens is 317 g/mol. The molecule has 1 aromatic heterocycles. The van der Waals surface area contributed by atoms with Crippen LogP contribution in [0.4, 0.5) is 4.39 Å². The van der Waals surface area contributed by atoms with Gasteiger partial charge in [0.05, 0.1) is 12.2 Å². The second-order valence-electron chi connectivity index (χ2n) is 6.72. The molecule has 1 aliphatic carbocycles. The van der Waals surface area contributed by atoms with Crippen molar-refractivity contribution in [3.8, 4) is 0 Å². The Bertz CT molecular complexity index is 714. The lowest BCUT2D eigenvalue weighted by Gasteiger charge is -2.31. The minimum atomic E-state index is -0.182. The molecule has 0 saturated heterocycles. The fraction of sp³-hybridized carbons (Fsp3) is 0.474. The van der Waals surface area contributed by atoms with Crippen molar-refractivity contribution in [1.29, 1.82) is 0 Å². The average Bonchev–Trinajstić information content (AvgIpc) is 3.26. The van der Waals surface area contributed by atoms with E-state index in [2.05, 4.69) is 20.7 Å². The average molecular weight is 343 g/mol. The van der Waals surface area contributed by atoms with Gasteiger partial charge in [0.15, 0.2) is 5.96 Å². The molecule has 0 unspecified atom stereocenters. The van der Waals surface area contributed by atoms with Gasteiger partial charge >= 0.3 is 0 Å². The Morgan fingerprint density at radius 3 is 2.52 bits per heavy atom. The minimum absolute atomic E-state index is 0.0534. The summed E-state index contributed by atoms with van der Waals surface area (Å²) in [4.78, 5) is 4.32. The zero-order valence-corrected chi connectivity index (χ0v) is 14.9. The van der Waals surface area contributed by atoms with Crippen molar-refractivity contribution < 1.29 is 4.39 Å². The van der Waals surface area contributed by atoms with Crippen LogP contribution in [0.25, 0.3) is 0 Å². The highest BCUT2D eigenvalue weighted by Crippen LogP contribution is 2.40. The monoisotopic (exact) mass is 343 g/mol. The Morgan fingerprint density at radius 2 is 1.92 bits per heavy atom. The molecule has 2 aromatic rings. The Labute approximate surface area is 148 Å². The van der Waals surface area contributed by atoms with E-state index in [-0.39, 0.29) is 11.2 Å². The molecule has 3 rings (SSSR count). The topological polar surface area (TPSA) is 54.2 Å². The number of rotatable bonds is 5. The Morgan fingerprint density at radius 1 is 1.20 bits per heavy atom. The highest BCUT2D eigenvalue weighted by Gasteiger charge is 2.35. The highest BCUT2D eigenvalue weighted by atomic mass is 19.1. The molecule has 0 amide bonds. The first-order chi connectivity index (χ1) is 12.1. The van der Waals surface area contributed by atoms with E-state index >= 15 is 0 Å². The van der Waals surface area contributed by atoms with Gasteiger partial charge < -0.3 is 10.6 Å². The highest BCUT2D eigenvalue weighted by molar-refractivity contribution is 5.79. The van der Waals surface area contributed by atoms with Crippen molar-refractivity contribution >= 4 is 5.96 Å². The summed E-state index contributed by atoms with van der Waals surface area (Å²) in [6.45, 7) is 1.46. The summed E-state index contributed by atoms with van der Waals surface area (Å²) in [5.41, 5.74) is 2.36. The van der Waals surface area contributed by atoms with E-state index in [0.29, 0.717) is 6.54 Å². The zero-order valence-electron chi connectivity index (χ0n) is 14.9. The van der Waals surface area contributed by atoms with E-state index in [9.17, 15) is 4.39 Å². The van der Waals surface area contributed by atoms with Crippen molar-refractivity contribution in [3.05, 3.63) is 53.6 Å². The number of nitrogens with zero attached hydrogens (tertiary/aromatic N) is 3. The van der Waals surface area contributed by atoms with Gasteiger partial charge in [-0.1, -0.05) is 25.0 Å². The maximum absolute atomic E-state index is 13.3. The molecule has 1 aromatic carbocycles. The summed E-state index contributed by atoms with van der Waals surface area (Å²) in [6, 6.07) is 8.95. The number of aromatic nitrogens is 2. The number of hydrogen-bond acceptors (Lipinski definition) is 2. The molecule has 6 heteroatoms. The normalized spacial score (nSPS) is 16.8. The number of hydrogen-bond donors (Lipinski definition) is 2. The Kier molecular flexibility index (Phi) is 5.36. The van der Waals surface area contributed by atoms with E-state index in [4.69, 9.17) is 0 Å². The van der Waals surface area contributed by atoms with E-state index in [1.54, 1.807) is 25.4 Å². The van der Waals surface area contributed by atoms with Crippen LogP contribution < -0.4 is 10.6 Å². The molecule has 0 bridgehead atoms. The van der Waals surface area contributed by atoms with Crippen LogP contribution in [0.1, 0.15) is 36.9 Å². The molecule has 0 radical (unpaired) electrons. The molecule has 0 aliphatic heterocycles. The van der Waals surface area contributed by atoms with Gasteiger partial charge in [0.2, 0.25) is 0 Å². The minimum Gasteiger partial charge on any atom is -0.356 e. The largest absolute Gasteiger partial charge is 0.356 e. The van der Waals surface area contributed by atoms with E-state index in [1.165, 1.54) is 18.4 Å². The summed E-state index contributed by atoms with van der Waals surface area (Å²) in [5, 5.41) is 11.0. The summed E-state index contributed by atoms with van der Waals surface area (Å²) in [7, 11) is 3.70. The van der Waals surface area contributed by atoms with Gasteiger partial charge in [-0.2, -0.15) is 5.10 Å². The molecule has 25 heavy (non-hydrogen) atoms. The molecule has 1 fully saturated rings. The Balaban J connectivity index is 1.64. The Hall–Kier alpha value is -2.37. The standard InChI is InChI=1S/C19H26FN5/c1-21-18(22-13-17-9-12-24-25(17)2)23-14-19(10-3-4-11-19)15-5-7-16(20)8-6-15/h5-9,12H,3-4,10-11,13-14H2,1-2H3,(H2,21,22,23). The predicted octanol–water partition coefficient (Wildman–Crippen LogP) is 2.74. The van der Waals surface area contributed by atoms with Crippen LogP contribution in [0.5, 0.6) is 0 Å². The second kappa shape index (κ2) is 7.68. The van der Waals surface area contributed by atoms with Gasteiger partial charge in [0.25, 0.3) is 0 Å². The SMILES string of the molecule is CN=C(NCc1ccnn1C)NCC1(c2ccc(F)cc2)CCCC1. The van der Waals surface area contributed by atoms with Crippen LogP contribution in [0.15, 0.2) is 41.5 Å². The number of halogens is 1. The molecule has 0 spiro atoms. The van der Waals surface area contributed by atoms with Crippen LogP contribution in [0.2, 0.25) is 0 Å². The first kappa shape index (κ1) is 17.5. The van der Waals surface area contributed by atoms with Crippen LogP contribution >= 0.6 is 0 Å². The molecule has 134 valence electrons. The molecule has 5 nitrogen and oxygen atoms in total. The second-order valence-corrected chi connectivity index (χ2v) is 6.72. The lowest BCUT2D eigenvalue weighted by Crippen LogP contribution is -2.44.